The molecule has 0 bridgehead atoms. The molecule has 0 aliphatic carbocycles. The normalized spacial score (nSPS) is 12.3. The zero-order valence-electron chi connectivity index (χ0n) is 11.7. The molecule has 0 aliphatic rings. The van der Waals surface area contributed by atoms with Crippen LogP contribution in [0.2, 0.25) is 5.02 Å². The van der Waals surface area contributed by atoms with Crippen molar-refractivity contribution in [1.29, 1.82) is 0 Å². The number of ether oxygens (including phenoxy) is 2. The van der Waals surface area contributed by atoms with E-state index in [1.165, 1.54) is 7.11 Å². The minimum atomic E-state index is -0.692. The molecule has 5 heteroatoms. The van der Waals surface area contributed by atoms with Crippen molar-refractivity contribution in [2.75, 3.05) is 7.11 Å². The Balaban J connectivity index is 2.88. The summed E-state index contributed by atoms with van der Waals surface area (Å²) in [6, 6.07) is 5.86. The molecule has 0 aromatic heterocycles. The molecular weight excluding hydrogens is 266 g/mol. The van der Waals surface area contributed by atoms with E-state index in [2.05, 4.69) is 23.9 Å². The van der Waals surface area contributed by atoms with Crippen LogP contribution in [0.4, 0.5) is 0 Å². The predicted octanol–water partition coefficient (Wildman–Crippen LogP) is 2.78. The molecule has 0 heterocycles. The molecule has 0 fully saturated rings. The smallest absolute Gasteiger partial charge is 0.346 e. The standard InChI is InChI=1S/C14H20ClNO3/c1-9(2)16-8-11-6-5-7-12(15)13(11)19-10(3)14(17)18-4/h5-7,9-10,16H,8H2,1-4H3. The van der Waals surface area contributed by atoms with Gasteiger partial charge >= 0.3 is 5.97 Å². The summed E-state index contributed by atoms with van der Waals surface area (Å²) in [6.45, 7) is 6.38. The van der Waals surface area contributed by atoms with Crippen LogP contribution >= 0.6 is 11.6 Å². The number of nitrogens with one attached hydrogen (secondary N) is 1. The fourth-order valence-corrected chi connectivity index (χ4v) is 1.77. The fourth-order valence-electron chi connectivity index (χ4n) is 1.53. The third-order valence-corrected chi connectivity index (χ3v) is 2.87. The Morgan fingerprint density at radius 3 is 2.63 bits per heavy atom. The van der Waals surface area contributed by atoms with Crippen LogP contribution in [0.25, 0.3) is 0 Å². The highest BCUT2D eigenvalue weighted by Crippen LogP contribution is 2.29. The predicted molar refractivity (Wildman–Crippen MR) is 75.5 cm³/mol. The highest BCUT2D eigenvalue weighted by Gasteiger charge is 2.18. The monoisotopic (exact) mass is 285 g/mol. The molecule has 1 aromatic rings. The van der Waals surface area contributed by atoms with Crippen molar-refractivity contribution in [3.05, 3.63) is 28.8 Å². The SMILES string of the molecule is COC(=O)C(C)Oc1c(Cl)cccc1CNC(C)C. The van der Waals surface area contributed by atoms with Crippen LogP contribution in [0.15, 0.2) is 18.2 Å². The Morgan fingerprint density at radius 1 is 1.37 bits per heavy atom. The lowest BCUT2D eigenvalue weighted by Gasteiger charge is -2.18. The number of hydrogen-bond acceptors (Lipinski definition) is 4. The van der Waals surface area contributed by atoms with Crippen LogP contribution in [-0.4, -0.2) is 25.2 Å². The van der Waals surface area contributed by atoms with Gasteiger partial charge < -0.3 is 14.8 Å². The summed E-state index contributed by atoms with van der Waals surface area (Å²) >= 11 is 6.13. The van der Waals surface area contributed by atoms with Gasteiger partial charge in [-0.3, -0.25) is 0 Å². The molecule has 1 atom stereocenters. The van der Waals surface area contributed by atoms with Crippen molar-refractivity contribution < 1.29 is 14.3 Å². The van der Waals surface area contributed by atoms with Crippen LogP contribution in [0.3, 0.4) is 0 Å². The minimum Gasteiger partial charge on any atom is -0.477 e. The summed E-state index contributed by atoms with van der Waals surface area (Å²) in [4.78, 5) is 11.4. The van der Waals surface area contributed by atoms with E-state index in [1.54, 1.807) is 13.0 Å². The van der Waals surface area contributed by atoms with Crippen molar-refractivity contribution in [1.82, 2.24) is 5.32 Å². The molecule has 4 nitrogen and oxygen atoms in total. The minimum absolute atomic E-state index is 0.352. The molecule has 0 amide bonds. The largest absolute Gasteiger partial charge is 0.477 e. The lowest BCUT2D eigenvalue weighted by molar-refractivity contribution is -0.147. The summed E-state index contributed by atoms with van der Waals surface area (Å²) in [5.41, 5.74) is 0.914. The van der Waals surface area contributed by atoms with Crippen molar-refractivity contribution in [2.24, 2.45) is 0 Å². The summed E-state index contributed by atoms with van der Waals surface area (Å²) in [5.74, 6) is 0.0953. The number of para-hydroxylation sites is 1. The Morgan fingerprint density at radius 2 is 2.05 bits per heavy atom. The van der Waals surface area contributed by atoms with Gasteiger partial charge in [-0.1, -0.05) is 37.6 Å². The van der Waals surface area contributed by atoms with E-state index < -0.39 is 12.1 Å². The number of benzene rings is 1. The first-order valence-electron chi connectivity index (χ1n) is 6.21. The summed E-state index contributed by atoms with van der Waals surface area (Å²) in [6.07, 6.45) is -0.692. The van der Waals surface area contributed by atoms with Gasteiger partial charge in [0.25, 0.3) is 0 Å². The quantitative estimate of drug-likeness (QED) is 0.817. The van der Waals surface area contributed by atoms with Gasteiger partial charge in [-0.15, -0.1) is 0 Å². The molecule has 0 aliphatic heterocycles. The Hall–Kier alpha value is -1.26. The van der Waals surface area contributed by atoms with Gasteiger partial charge in [-0.2, -0.15) is 0 Å². The molecule has 0 saturated carbocycles. The second-order valence-electron chi connectivity index (χ2n) is 4.55. The second kappa shape index (κ2) is 7.36. The van der Waals surface area contributed by atoms with Crippen LogP contribution < -0.4 is 10.1 Å². The molecule has 0 radical (unpaired) electrons. The molecule has 0 spiro atoms. The summed E-state index contributed by atoms with van der Waals surface area (Å²) < 4.78 is 10.3. The third kappa shape index (κ3) is 4.73. The van der Waals surface area contributed by atoms with E-state index in [0.29, 0.717) is 23.4 Å². The number of esters is 1. The maximum Gasteiger partial charge on any atom is 0.346 e. The molecule has 0 saturated heterocycles. The lowest BCUT2D eigenvalue weighted by Crippen LogP contribution is -2.27. The van der Waals surface area contributed by atoms with E-state index in [4.69, 9.17) is 16.3 Å². The van der Waals surface area contributed by atoms with Gasteiger partial charge in [0.05, 0.1) is 12.1 Å². The van der Waals surface area contributed by atoms with Gasteiger partial charge in [0, 0.05) is 18.2 Å². The number of carbonyl (C=O) groups excluding carboxylic acids is 1. The number of methoxy groups -OCH3 is 1. The average Bonchev–Trinajstić information content (AvgIpc) is 2.38. The molecule has 1 rings (SSSR count). The average molecular weight is 286 g/mol. The molecule has 1 unspecified atom stereocenters. The molecule has 106 valence electrons. The van der Waals surface area contributed by atoms with Gasteiger partial charge in [-0.25, -0.2) is 4.79 Å². The van der Waals surface area contributed by atoms with Gasteiger partial charge in [-0.05, 0) is 13.0 Å². The van der Waals surface area contributed by atoms with E-state index in [-0.39, 0.29) is 0 Å². The van der Waals surface area contributed by atoms with Crippen molar-refractivity contribution in [3.8, 4) is 5.75 Å². The van der Waals surface area contributed by atoms with E-state index in [9.17, 15) is 4.79 Å². The zero-order valence-corrected chi connectivity index (χ0v) is 12.5. The Labute approximate surface area is 119 Å². The maximum atomic E-state index is 11.4. The summed E-state index contributed by atoms with van der Waals surface area (Å²) in [7, 11) is 1.33. The maximum absolute atomic E-state index is 11.4. The molecular formula is C14H20ClNO3. The Bertz CT molecular complexity index is 435. The molecule has 1 aromatic carbocycles. The van der Waals surface area contributed by atoms with Crippen LogP contribution in [0.5, 0.6) is 5.75 Å². The van der Waals surface area contributed by atoms with Crippen molar-refractivity contribution >= 4 is 17.6 Å². The molecule has 19 heavy (non-hydrogen) atoms. The number of hydrogen-bond donors (Lipinski definition) is 1. The molecule has 1 N–H and O–H groups in total. The highest BCUT2D eigenvalue weighted by atomic mass is 35.5. The topological polar surface area (TPSA) is 47.6 Å². The van der Waals surface area contributed by atoms with Crippen molar-refractivity contribution in [3.63, 3.8) is 0 Å². The summed E-state index contributed by atoms with van der Waals surface area (Å²) in [5, 5.41) is 3.78. The van der Waals surface area contributed by atoms with E-state index >= 15 is 0 Å². The first-order valence-corrected chi connectivity index (χ1v) is 6.58. The van der Waals surface area contributed by atoms with Gasteiger partial charge in [0.2, 0.25) is 0 Å². The van der Waals surface area contributed by atoms with Gasteiger partial charge in [0.15, 0.2) is 6.10 Å². The van der Waals surface area contributed by atoms with Crippen molar-refractivity contribution in [2.45, 2.75) is 39.5 Å². The first-order chi connectivity index (χ1) is 8.95. The first kappa shape index (κ1) is 15.8. The lowest BCUT2D eigenvalue weighted by atomic mass is 10.2. The fraction of sp³-hybridized carbons (Fsp3) is 0.500. The number of rotatable bonds is 6. The van der Waals surface area contributed by atoms with Crippen LogP contribution in [0.1, 0.15) is 26.3 Å². The van der Waals surface area contributed by atoms with Crippen LogP contribution in [0, 0.1) is 0 Å². The zero-order chi connectivity index (χ0) is 14.4. The van der Waals surface area contributed by atoms with Crippen LogP contribution in [-0.2, 0) is 16.1 Å². The third-order valence-electron chi connectivity index (χ3n) is 2.58. The Kier molecular flexibility index (Phi) is 6.12. The van der Waals surface area contributed by atoms with Gasteiger partial charge in [0.1, 0.15) is 5.75 Å². The van der Waals surface area contributed by atoms with E-state index in [1.807, 2.05) is 12.1 Å². The second-order valence-corrected chi connectivity index (χ2v) is 4.95. The number of carbonyl (C=O) groups is 1. The highest BCUT2D eigenvalue weighted by molar-refractivity contribution is 6.32. The van der Waals surface area contributed by atoms with E-state index in [0.717, 1.165) is 5.56 Å². The number of halogens is 1.